The van der Waals surface area contributed by atoms with Crippen LogP contribution in [0.4, 0.5) is 5.95 Å². The molecule has 0 fully saturated rings. The van der Waals surface area contributed by atoms with Gasteiger partial charge in [0.1, 0.15) is 0 Å². The summed E-state index contributed by atoms with van der Waals surface area (Å²) in [7, 11) is 0. The first kappa shape index (κ1) is 12.0. The van der Waals surface area contributed by atoms with Crippen LogP contribution in [0.15, 0.2) is 12.4 Å². The minimum absolute atomic E-state index is 0.362. The van der Waals surface area contributed by atoms with Gasteiger partial charge in [0.2, 0.25) is 5.95 Å². The highest BCUT2D eigenvalue weighted by atomic mass is 15.0. The summed E-state index contributed by atoms with van der Waals surface area (Å²) in [6.45, 7) is 4.48. The Hall–Kier alpha value is -1.12. The molecule has 0 amide bonds. The van der Waals surface area contributed by atoms with Crippen LogP contribution in [0.25, 0.3) is 0 Å². The van der Waals surface area contributed by atoms with Gasteiger partial charge in [0.05, 0.1) is 0 Å². The topological polar surface area (TPSA) is 51.8 Å². The quantitative estimate of drug-likeness (QED) is 0.780. The van der Waals surface area contributed by atoms with Crippen LogP contribution in [0.5, 0.6) is 0 Å². The van der Waals surface area contributed by atoms with E-state index in [0.29, 0.717) is 5.95 Å². The average molecular weight is 207 g/mol. The third-order valence-electron chi connectivity index (χ3n) is 2.64. The number of aromatic nitrogens is 2. The van der Waals surface area contributed by atoms with Gasteiger partial charge in [-0.05, 0) is 17.9 Å². The van der Waals surface area contributed by atoms with E-state index in [1.54, 1.807) is 0 Å². The third-order valence-corrected chi connectivity index (χ3v) is 2.64. The molecule has 0 spiro atoms. The van der Waals surface area contributed by atoms with Gasteiger partial charge in [-0.1, -0.05) is 39.5 Å². The van der Waals surface area contributed by atoms with Gasteiger partial charge in [0, 0.05) is 12.4 Å². The second-order valence-corrected chi connectivity index (χ2v) is 4.10. The van der Waals surface area contributed by atoms with Crippen LogP contribution in [0.3, 0.4) is 0 Å². The van der Waals surface area contributed by atoms with Crippen molar-refractivity contribution in [2.75, 3.05) is 5.73 Å². The number of rotatable bonds is 6. The van der Waals surface area contributed by atoms with Crippen molar-refractivity contribution in [3.05, 3.63) is 18.0 Å². The lowest BCUT2D eigenvalue weighted by Gasteiger charge is -2.14. The highest BCUT2D eigenvalue weighted by molar-refractivity contribution is 5.17. The Morgan fingerprint density at radius 2 is 1.67 bits per heavy atom. The largest absolute Gasteiger partial charge is 0.368 e. The molecular weight excluding hydrogens is 186 g/mol. The van der Waals surface area contributed by atoms with Crippen LogP contribution in [0, 0.1) is 5.92 Å². The molecule has 0 aromatic carbocycles. The van der Waals surface area contributed by atoms with Crippen LogP contribution in [0.2, 0.25) is 0 Å². The van der Waals surface area contributed by atoms with E-state index in [4.69, 9.17) is 5.73 Å². The van der Waals surface area contributed by atoms with Crippen LogP contribution in [-0.4, -0.2) is 9.97 Å². The summed E-state index contributed by atoms with van der Waals surface area (Å²) in [5.74, 6) is 1.13. The van der Waals surface area contributed by atoms with Crippen molar-refractivity contribution < 1.29 is 0 Å². The first-order valence-corrected chi connectivity index (χ1v) is 5.82. The summed E-state index contributed by atoms with van der Waals surface area (Å²) in [5.41, 5.74) is 6.66. The van der Waals surface area contributed by atoms with Gasteiger partial charge in [-0.15, -0.1) is 0 Å². The van der Waals surface area contributed by atoms with Crippen LogP contribution in [-0.2, 0) is 6.42 Å². The fourth-order valence-corrected chi connectivity index (χ4v) is 1.97. The third kappa shape index (κ3) is 4.28. The van der Waals surface area contributed by atoms with Crippen LogP contribution in [0.1, 0.15) is 45.1 Å². The predicted octanol–water partition coefficient (Wildman–Crippen LogP) is 2.82. The van der Waals surface area contributed by atoms with E-state index in [1.807, 2.05) is 12.4 Å². The zero-order chi connectivity index (χ0) is 11.1. The predicted molar refractivity (Wildman–Crippen MR) is 63.5 cm³/mol. The Kier molecular flexibility index (Phi) is 5.08. The Bertz CT molecular complexity index is 263. The molecule has 0 aliphatic carbocycles. The van der Waals surface area contributed by atoms with Crippen molar-refractivity contribution in [2.24, 2.45) is 5.92 Å². The van der Waals surface area contributed by atoms with Gasteiger partial charge in [-0.25, -0.2) is 9.97 Å². The Morgan fingerprint density at radius 1 is 1.13 bits per heavy atom. The minimum Gasteiger partial charge on any atom is -0.368 e. The number of nitrogens with zero attached hydrogens (tertiary/aromatic N) is 2. The van der Waals surface area contributed by atoms with E-state index in [2.05, 4.69) is 23.8 Å². The van der Waals surface area contributed by atoms with Crippen LogP contribution >= 0.6 is 0 Å². The van der Waals surface area contributed by atoms with Gasteiger partial charge in [-0.3, -0.25) is 0 Å². The van der Waals surface area contributed by atoms with E-state index in [0.717, 1.165) is 12.3 Å². The molecule has 3 nitrogen and oxygen atoms in total. The lowest BCUT2D eigenvalue weighted by molar-refractivity contribution is 0.437. The van der Waals surface area contributed by atoms with Gasteiger partial charge >= 0.3 is 0 Å². The number of nitrogens with two attached hydrogens (primary N) is 1. The summed E-state index contributed by atoms with van der Waals surface area (Å²) < 4.78 is 0. The summed E-state index contributed by atoms with van der Waals surface area (Å²) in [5, 5.41) is 0. The molecule has 1 rings (SSSR count). The fraction of sp³-hybridized carbons (Fsp3) is 0.667. The second-order valence-electron chi connectivity index (χ2n) is 4.10. The SMILES string of the molecule is CCCC(CCC)Cc1cnc(N)nc1. The summed E-state index contributed by atoms with van der Waals surface area (Å²) >= 11 is 0. The molecule has 0 unspecified atom stereocenters. The van der Waals surface area contributed by atoms with Crippen molar-refractivity contribution in [3.8, 4) is 0 Å². The molecule has 0 aliphatic rings. The maximum absolute atomic E-state index is 5.45. The number of anilines is 1. The van der Waals surface area contributed by atoms with Crippen molar-refractivity contribution >= 4 is 5.95 Å². The molecule has 84 valence electrons. The average Bonchev–Trinajstić information content (AvgIpc) is 2.22. The highest BCUT2D eigenvalue weighted by Gasteiger charge is 2.08. The smallest absolute Gasteiger partial charge is 0.219 e. The molecule has 2 N–H and O–H groups in total. The number of hydrogen-bond donors (Lipinski definition) is 1. The summed E-state index contributed by atoms with van der Waals surface area (Å²) in [4.78, 5) is 8.04. The van der Waals surface area contributed by atoms with Gasteiger partial charge < -0.3 is 5.73 Å². The standard InChI is InChI=1S/C12H21N3/c1-3-5-10(6-4-2)7-11-8-14-12(13)15-9-11/h8-10H,3-7H2,1-2H3,(H2,13,14,15). The highest BCUT2D eigenvalue weighted by Crippen LogP contribution is 2.18. The zero-order valence-corrected chi connectivity index (χ0v) is 9.74. The Balaban J connectivity index is 2.53. The molecule has 3 heteroatoms. The first-order chi connectivity index (χ1) is 7.26. The molecule has 0 saturated heterocycles. The van der Waals surface area contributed by atoms with E-state index < -0.39 is 0 Å². The molecule has 15 heavy (non-hydrogen) atoms. The van der Waals surface area contributed by atoms with Gasteiger partial charge in [0.15, 0.2) is 0 Å². The number of hydrogen-bond acceptors (Lipinski definition) is 3. The molecule has 1 heterocycles. The Morgan fingerprint density at radius 3 is 2.13 bits per heavy atom. The molecule has 0 bridgehead atoms. The molecule has 0 aliphatic heterocycles. The summed E-state index contributed by atoms with van der Waals surface area (Å²) in [6, 6.07) is 0. The van der Waals surface area contributed by atoms with Crippen molar-refractivity contribution in [2.45, 2.75) is 46.0 Å². The van der Waals surface area contributed by atoms with E-state index in [-0.39, 0.29) is 0 Å². The fourth-order valence-electron chi connectivity index (χ4n) is 1.97. The lowest BCUT2D eigenvalue weighted by atomic mass is 9.92. The molecule has 0 radical (unpaired) electrons. The Labute approximate surface area is 92.1 Å². The molecular formula is C12H21N3. The van der Waals surface area contributed by atoms with Gasteiger partial charge in [-0.2, -0.15) is 0 Å². The second kappa shape index (κ2) is 6.38. The molecule has 0 atom stereocenters. The van der Waals surface area contributed by atoms with Crippen molar-refractivity contribution in [1.29, 1.82) is 0 Å². The maximum atomic E-state index is 5.45. The maximum Gasteiger partial charge on any atom is 0.219 e. The van der Waals surface area contributed by atoms with Gasteiger partial charge in [0.25, 0.3) is 0 Å². The molecule has 1 aromatic heterocycles. The zero-order valence-electron chi connectivity index (χ0n) is 9.74. The van der Waals surface area contributed by atoms with E-state index in [1.165, 1.54) is 31.2 Å². The van der Waals surface area contributed by atoms with Crippen molar-refractivity contribution in [3.63, 3.8) is 0 Å². The van der Waals surface area contributed by atoms with Crippen LogP contribution < -0.4 is 5.73 Å². The number of nitrogen functional groups attached to an aromatic ring is 1. The molecule has 0 saturated carbocycles. The van der Waals surface area contributed by atoms with E-state index >= 15 is 0 Å². The summed E-state index contributed by atoms with van der Waals surface area (Å²) in [6.07, 6.45) is 9.86. The first-order valence-electron chi connectivity index (χ1n) is 5.82. The minimum atomic E-state index is 0.362. The normalized spacial score (nSPS) is 10.9. The monoisotopic (exact) mass is 207 g/mol. The lowest BCUT2D eigenvalue weighted by Crippen LogP contribution is -2.05. The van der Waals surface area contributed by atoms with E-state index in [9.17, 15) is 0 Å². The molecule has 1 aromatic rings. The van der Waals surface area contributed by atoms with Crippen molar-refractivity contribution in [1.82, 2.24) is 9.97 Å².